The molecule has 0 saturated heterocycles. The maximum atomic E-state index is 12.1. The zero-order valence-electron chi connectivity index (χ0n) is 9.80. The lowest BCUT2D eigenvalue weighted by molar-refractivity contribution is 0.502. The van der Waals surface area contributed by atoms with E-state index in [0.717, 1.165) is 6.42 Å². The first kappa shape index (κ1) is 11.9. The van der Waals surface area contributed by atoms with E-state index < -0.39 is 0 Å². The number of fused-ring (bicyclic) bond motifs is 1. The van der Waals surface area contributed by atoms with E-state index in [4.69, 9.17) is 12.2 Å². The third kappa shape index (κ3) is 2.41. The molecule has 2 heterocycles. The molecule has 0 unspecified atom stereocenters. The van der Waals surface area contributed by atoms with Gasteiger partial charge in [-0.15, -0.1) is 0 Å². The lowest BCUT2D eigenvalue weighted by Crippen LogP contribution is -2.24. The molecule has 0 atom stereocenters. The summed E-state index contributed by atoms with van der Waals surface area (Å²) in [7, 11) is 0. The number of nitrogens with zero attached hydrogens (tertiary/aromatic N) is 3. The Morgan fingerprint density at radius 1 is 1.41 bits per heavy atom. The molecule has 0 amide bonds. The van der Waals surface area contributed by atoms with Crippen LogP contribution in [0.1, 0.15) is 20.3 Å². The van der Waals surface area contributed by atoms with Crippen molar-refractivity contribution in [1.82, 2.24) is 19.5 Å². The highest BCUT2D eigenvalue weighted by molar-refractivity contribution is 7.71. The van der Waals surface area contributed by atoms with E-state index in [0.29, 0.717) is 28.4 Å². The van der Waals surface area contributed by atoms with Crippen LogP contribution in [-0.4, -0.2) is 19.5 Å². The van der Waals surface area contributed by atoms with Crippen LogP contribution < -0.4 is 5.56 Å². The third-order valence-electron chi connectivity index (χ3n) is 2.55. The number of hydrogen-bond acceptors (Lipinski definition) is 4. The van der Waals surface area contributed by atoms with Gasteiger partial charge in [0.05, 0.1) is 0 Å². The highest BCUT2D eigenvalue weighted by Gasteiger charge is 2.07. The molecule has 0 aliphatic heterocycles. The van der Waals surface area contributed by atoms with E-state index in [-0.39, 0.29) is 5.56 Å². The number of nitrogens with one attached hydrogen (secondary N) is 1. The van der Waals surface area contributed by atoms with E-state index in [1.165, 1.54) is 12.4 Å². The summed E-state index contributed by atoms with van der Waals surface area (Å²) in [5.41, 5.74) is 0.616. The molecule has 0 saturated carbocycles. The second-order valence-corrected chi connectivity index (χ2v) is 4.71. The van der Waals surface area contributed by atoms with Gasteiger partial charge in [-0.2, -0.15) is 0 Å². The molecule has 1 N–H and O–H groups in total. The quantitative estimate of drug-likeness (QED) is 0.845. The van der Waals surface area contributed by atoms with E-state index in [1.807, 2.05) is 0 Å². The average Bonchev–Trinajstić information content (AvgIpc) is 2.28. The van der Waals surface area contributed by atoms with Gasteiger partial charge in [-0.3, -0.25) is 9.36 Å². The Morgan fingerprint density at radius 3 is 2.82 bits per heavy atom. The number of rotatable bonds is 3. The summed E-state index contributed by atoms with van der Waals surface area (Å²) in [5.74, 6) is 0.522. The molecule has 0 fully saturated rings. The van der Waals surface area contributed by atoms with Crippen molar-refractivity contribution in [2.45, 2.75) is 26.8 Å². The smallest absolute Gasteiger partial charge is 0.282 e. The topological polar surface area (TPSA) is 63.6 Å². The van der Waals surface area contributed by atoms with Crippen LogP contribution in [0.5, 0.6) is 0 Å². The molecular weight excluding hydrogens is 236 g/mol. The minimum atomic E-state index is -0.169. The van der Waals surface area contributed by atoms with Gasteiger partial charge in [0, 0.05) is 18.9 Å². The summed E-state index contributed by atoms with van der Waals surface area (Å²) in [4.78, 5) is 23.1. The molecule has 6 heteroatoms. The Balaban J connectivity index is 2.56. The predicted molar refractivity (Wildman–Crippen MR) is 68.4 cm³/mol. The molecule has 0 radical (unpaired) electrons. The Morgan fingerprint density at radius 2 is 2.12 bits per heavy atom. The first-order chi connectivity index (χ1) is 8.09. The molecule has 0 spiro atoms. The van der Waals surface area contributed by atoms with Crippen LogP contribution in [0.4, 0.5) is 0 Å². The minimum absolute atomic E-state index is 0.169. The molecule has 5 nitrogen and oxygen atoms in total. The van der Waals surface area contributed by atoms with E-state index >= 15 is 0 Å². The second-order valence-electron chi connectivity index (χ2n) is 4.32. The fourth-order valence-corrected chi connectivity index (χ4v) is 1.84. The van der Waals surface area contributed by atoms with E-state index in [2.05, 4.69) is 28.8 Å². The molecule has 0 aromatic carbocycles. The highest BCUT2D eigenvalue weighted by atomic mass is 32.1. The van der Waals surface area contributed by atoms with Crippen molar-refractivity contribution in [3.05, 3.63) is 27.5 Å². The van der Waals surface area contributed by atoms with Crippen LogP contribution in [0.2, 0.25) is 0 Å². The summed E-state index contributed by atoms with van der Waals surface area (Å²) in [6, 6.07) is 0. The summed E-state index contributed by atoms with van der Waals surface area (Å²) < 4.78 is 1.95. The first-order valence-electron chi connectivity index (χ1n) is 5.53. The van der Waals surface area contributed by atoms with Gasteiger partial charge in [0.1, 0.15) is 0 Å². The highest BCUT2D eigenvalue weighted by Crippen LogP contribution is 2.03. The van der Waals surface area contributed by atoms with Gasteiger partial charge in [-0.25, -0.2) is 9.97 Å². The maximum absolute atomic E-state index is 12.1. The normalized spacial score (nSPS) is 11.2. The Kier molecular flexibility index (Phi) is 3.33. The second kappa shape index (κ2) is 4.75. The van der Waals surface area contributed by atoms with Crippen molar-refractivity contribution in [2.24, 2.45) is 5.92 Å². The van der Waals surface area contributed by atoms with Gasteiger partial charge in [-0.05, 0) is 24.6 Å². The summed E-state index contributed by atoms with van der Waals surface area (Å²) >= 11 is 5.16. The average molecular weight is 250 g/mol. The van der Waals surface area contributed by atoms with Crippen LogP contribution in [-0.2, 0) is 6.54 Å². The van der Waals surface area contributed by atoms with Crippen molar-refractivity contribution in [3.8, 4) is 0 Å². The Labute approximate surface area is 104 Å². The number of aromatic nitrogens is 4. The van der Waals surface area contributed by atoms with Gasteiger partial charge in [-0.1, -0.05) is 13.8 Å². The lowest BCUT2D eigenvalue weighted by Gasteiger charge is -2.08. The van der Waals surface area contributed by atoms with Crippen molar-refractivity contribution in [1.29, 1.82) is 0 Å². The Hall–Kier alpha value is -1.56. The number of H-pyrrole nitrogens is 1. The van der Waals surface area contributed by atoms with Crippen LogP contribution in [0.3, 0.4) is 0 Å². The van der Waals surface area contributed by atoms with E-state index in [9.17, 15) is 4.79 Å². The first-order valence-corrected chi connectivity index (χ1v) is 5.94. The summed E-state index contributed by atoms with van der Waals surface area (Å²) in [6.45, 7) is 4.83. The standard InChI is InChI=1S/C11H14N4OS/c1-7(2)3-6-15-10(16)8-9(14-11(15)17)13-5-4-12-8/h4-5,7H,3,6H2,1-2H3,(H,13,14,17). The monoisotopic (exact) mass is 250 g/mol. The molecular formula is C11H14N4OS. The zero-order valence-corrected chi connectivity index (χ0v) is 10.6. The maximum Gasteiger partial charge on any atom is 0.282 e. The van der Waals surface area contributed by atoms with Crippen molar-refractivity contribution < 1.29 is 0 Å². The van der Waals surface area contributed by atoms with Gasteiger partial charge in [0.15, 0.2) is 15.9 Å². The molecule has 17 heavy (non-hydrogen) atoms. The van der Waals surface area contributed by atoms with E-state index in [1.54, 1.807) is 4.57 Å². The Bertz CT molecular complexity index is 644. The predicted octanol–water partition coefficient (Wildman–Crippen LogP) is 1.90. The molecule has 2 aromatic rings. The number of aromatic amines is 1. The van der Waals surface area contributed by atoms with Gasteiger partial charge in [0.25, 0.3) is 5.56 Å². The third-order valence-corrected chi connectivity index (χ3v) is 2.87. The van der Waals surface area contributed by atoms with Gasteiger partial charge >= 0.3 is 0 Å². The lowest BCUT2D eigenvalue weighted by atomic mass is 10.1. The molecule has 0 aliphatic rings. The minimum Gasteiger partial charge on any atom is -0.315 e. The molecule has 2 rings (SSSR count). The molecule has 90 valence electrons. The molecule has 2 aromatic heterocycles. The van der Waals surface area contributed by atoms with Crippen molar-refractivity contribution in [2.75, 3.05) is 0 Å². The fourth-order valence-electron chi connectivity index (χ4n) is 1.57. The van der Waals surface area contributed by atoms with Crippen molar-refractivity contribution >= 4 is 23.4 Å². The summed E-state index contributed by atoms with van der Waals surface area (Å²) in [6.07, 6.45) is 3.95. The molecule has 0 bridgehead atoms. The van der Waals surface area contributed by atoms with Crippen LogP contribution >= 0.6 is 12.2 Å². The van der Waals surface area contributed by atoms with Gasteiger partial charge < -0.3 is 4.98 Å². The van der Waals surface area contributed by atoms with Gasteiger partial charge in [0.2, 0.25) is 0 Å². The largest absolute Gasteiger partial charge is 0.315 e. The number of hydrogen-bond donors (Lipinski definition) is 1. The van der Waals surface area contributed by atoms with Crippen LogP contribution in [0, 0.1) is 10.7 Å². The summed E-state index contributed by atoms with van der Waals surface area (Å²) in [5, 5.41) is 0. The molecule has 0 aliphatic carbocycles. The fraction of sp³-hybridized carbons (Fsp3) is 0.455. The van der Waals surface area contributed by atoms with Crippen molar-refractivity contribution in [3.63, 3.8) is 0 Å². The van der Waals surface area contributed by atoms with Crippen LogP contribution in [0.25, 0.3) is 11.2 Å². The SMILES string of the molecule is CC(C)CCn1c(=S)[nH]c2nccnc2c1=O. The van der Waals surface area contributed by atoms with Crippen LogP contribution in [0.15, 0.2) is 17.2 Å². The zero-order chi connectivity index (χ0) is 12.4.